The lowest BCUT2D eigenvalue weighted by atomic mass is 9.51. The van der Waals surface area contributed by atoms with Gasteiger partial charge in [-0.15, -0.1) is 0 Å². The number of carbonyl (C=O) groups excluding carboxylic acids is 1. The van der Waals surface area contributed by atoms with Crippen molar-refractivity contribution in [3.8, 4) is 0 Å². The van der Waals surface area contributed by atoms with Gasteiger partial charge in [-0.2, -0.15) is 0 Å². The highest BCUT2D eigenvalue weighted by Crippen LogP contribution is 2.66. The monoisotopic (exact) mass is 464 g/mol. The summed E-state index contributed by atoms with van der Waals surface area (Å²) in [5.41, 5.74) is -0.482. The van der Waals surface area contributed by atoms with Crippen LogP contribution in [0.5, 0.6) is 0 Å². The van der Waals surface area contributed by atoms with Crippen molar-refractivity contribution in [2.24, 2.45) is 52.8 Å². The van der Waals surface area contributed by atoms with Gasteiger partial charge in [0.1, 0.15) is 5.78 Å². The molecule has 182 valence electrons. The highest BCUT2D eigenvalue weighted by Gasteiger charge is 2.64. The molecule has 0 bridgehead atoms. The second kappa shape index (κ2) is 7.93. The first-order valence-electron chi connectivity index (χ1n) is 13.4. The number of aliphatic hydroxyl groups is 2. The number of Topliss-reactive ketones (excluding diaryl/α,β-unsaturated/α-hetero) is 1. The van der Waals surface area contributed by atoms with Crippen LogP contribution in [0, 0.1) is 52.8 Å². The van der Waals surface area contributed by atoms with E-state index >= 15 is 0 Å². The molecule has 5 heteroatoms. The molecule has 32 heavy (non-hydrogen) atoms. The Labute approximate surface area is 200 Å². The van der Waals surface area contributed by atoms with Crippen molar-refractivity contribution in [1.29, 1.82) is 0 Å². The fraction of sp³-hybridized carbons (Fsp3) is 0.963. The number of ketones is 1. The van der Waals surface area contributed by atoms with Crippen LogP contribution in [0.25, 0.3) is 0 Å². The van der Waals surface area contributed by atoms with Gasteiger partial charge in [0.2, 0.25) is 0 Å². The Kier molecular flexibility index (Phi) is 5.84. The number of hydrogen-bond acceptors (Lipinski definition) is 4. The topological polar surface area (TPSA) is 60.8 Å². The fourth-order valence-electron chi connectivity index (χ4n) is 10.4. The van der Waals surface area contributed by atoms with E-state index in [0.29, 0.717) is 53.8 Å². The van der Waals surface area contributed by atoms with E-state index in [0.717, 1.165) is 44.6 Å². The molecular formula is C27H43ClNO3-. The predicted molar refractivity (Wildman–Crippen MR) is 120 cm³/mol. The standard InChI is InChI=1S/C27H43NO3.ClH/c1-15-4-7-25-27(3,31)21-6-5-17-18(20(21)14-28(25)13-15)11-22-19(17)12-24(30)23-10-16(29)8-9-26(22,23)2;/h15-23,25,29,31H,4-14H2,1-3H3;1H/p-1/t15-,16-,17+,18+,19-,20-,21+,22-,23+,25-,26+,27-;/m0./s1. The number of carbonyl (C=O) groups is 1. The van der Waals surface area contributed by atoms with E-state index in [1.54, 1.807) is 0 Å². The zero-order chi connectivity index (χ0) is 21.7. The van der Waals surface area contributed by atoms with Crippen LogP contribution < -0.4 is 12.4 Å². The average Bonchev–Trinajstić information content (AvgIpc) is 3.09. The highest BCUT2D eigenvalue weighted by molar-refractivity contribution is 5.83. The first-order valence-corrected chi connectivity index (χ1v) is 13.4. The van der Waals surface area contributed by atoms with Crippen LogP contribution in [-0.4, -0.2) is 51.7 Å². The van der Waals surface area contributed by atoms with Gasteiger partial charge in [0, 0.05) is 31.5 Å². The summed E-state index contributed by atoms with van der Waals surface area (Å²) in [6.07, 6.45) is 9.08. The van der Waals surface area contributed by atoms with Crippen molar-refractivity contribution in [1.82, 2.24) is 4.90 Å². The lowest BCUT2D eigenvalue weighted by molar-refractivity contribution is -0.175. The molecule has 12 atom stereocenters. The van der Waals surface area contributed by atoms with Crippen LogP contribution in [0.3, 0.4) is 0 Å². The third kappa shape index (κ3) is 3.22. The van der Waals surface area contributed by atoms with E-state index < -0.39 is 5.60 Å². The summed E-state index contributed by atoms with van der Waals surface area (Å²) in [5.74, 6) is 4.82. The molecule has 2 saturated heterocycles. The molecule has 6 aliphatic rings. The third-order valence-corrected chi connectivity index (χ3v) is 11.8. The summed E-state index contributed by atoms with van der Waals surface area (Å²) in [6, 6.07) is 0.341. The van der Waals surface area contributed by atoms with E-state index in [2.05, 4.69) is 25.7 Å². The Hall–Kier alpha value is -0.160. The Bertz CT molecular complexity index is 757. The van der Waals surface area contributed by atoms with E-state index in [1.165, 1.54) is 25.8 Å². The first kappa shape index (κ1) is 23.6. The molecule has 2 aliphatic heterocycles. The summed E-state index contributed by atoms with van der Waals surface area (Å²) >= 11 is 0. The Morgan fingerprint density at radius 3 is 2.47 bits per heavy atom. The smallest absolute Gasteiger partial charge is 0.136 e. The number of aliphatic hydroxyl groups excluding tert-OH is 1. The normalized spacial score (nSPS) is 57.3. The van der Waals surface area contributed by atoms with Gasteiger partial charge in [-0.1, -0.05) is 13.8 Å². The minimum atomic E-state index is -0.570. The van der Waals surface area contributed by atoms with Crippen molar-refractivity contribution < 1.29 is 27.4 Å². The molecule has 4 nitrogen and oxygen atoms in total. The predicted octanol–water partition coefficient (Wildman–Crippen LogP) is 0.890. The minimum absolute atomic E-state index is 0. The molecule has 0 unspecified atom stereocenters. The molecule has 4 aliphatic carbocycles. The molecule has 0 amide bonds. The summed E-state index contributed by atoms with van der Waals surface area (Å²) in [6.45, 7) is 9.23. The van der Waals surface area contributed by atoms with Crippen LogP contribution in [-0.2, 0) is 4.79 Å². The lowest BCUT2D eigenvalue weighted by Gasteiger charge is -2.59. The van der Waals surface area contributed by atoms with Crippen molar-refractivity contribution in [3.05, 3.63) is 0 Å². The van der Waals surface area contributed by atoms with Crippen LogP contribution in [0.1, 0.15) is 78.6 Å². The molecule has 4 saturated carbocycles. The Morgan fingerprint density at radius 2 is 1.69 bits per heavy atom. The number of fused-ring (bicyclic) bond motifs is 8. The molecule has 0 aromatic heterocycles. The maximum absolute atomic E-state index is 13.2. The zero-order valence-corrected chi connectivity index (χ0v) is 20.9. The van der Waals surface area contributed by atoms with Crippen molar-refractivity contribution in [2.45, 2.75) is 96.3 Å². The zero-order valence-electron chi connectivity index (χ0n) is 20.2. The molecule has 0 aromatic carbocycles. The lowest BCUT2D eigenvalue weighted by Crippen LogP contribution is -3.00. The highest BCUT2D eigenvalue weighted by atomic mass is 35.5. The maximum atomic E-state index is 13.2. The summed E-state index contributed by atoms with van der Waals surface area (Å²) in [5, 5.41) is 22.1. The molecule has 2 N–H and O–H groups in total. The van der Waals surface area contributed by atoms with Gasteiger partial charge in [-0.25, -0.2) is 0 Å². The fourth-order valence-corrected chi connectivity index (χ4v) is 10.4. The molecule has 0 radical (unpaired) electrons. The summed E-state index contributed by atoms with van der Waals surface area (Å²) < 4.78 is 0. The largest absolute Gasteiger partial charge is 1.00 e. The van der Waals surface area contributed by atoms with Gasteiger partial charge >= 0.3 is 0 Å². The number of rotatable bonds is 0. The molecule has 0 aromatic rings. The summed E-state index contributed by atoms with van der Waals surface area (Å²) in [4.78, 5) is 15.9. The van der Waals surface area contributed by atoms with Gasteiger partial charge in [0.25, 0.3) is 0 Å². The second-order valence-electron chi connectivity index (χ2n) is 13.2. The van der Waals surface area contributed by atoms with Gasteiger partial charge in [0.05, 0.1) is 11.7 Å². The van der Waals surface area contributed by atoms with Crippen LogP contribution >= 0.6 is 0 Å². The van der Waals surface area contributed by atoms with Gasteiger partial charge in [-0.3, -0.25) is 9.69 Å². The van der Waals surface area contributed by atoms with Crippen LogP contribution in [0.2, 0.25) is 0 Å². The van der Waals surface area contributed by atoms with Gasteiger partial charge < -0.3 is 22.6 Å². The second-order valence-corrected chi connectivity index (χ2v) is 13.2. The Morgan fingerprint density at radius 1 is 0.906 bits per heavy atom. The molecule has 6 rings (SSSR count). The average molecular weight is 465 g/mol. The molecule has 2 heterocycles. The van der Waals surface area contributed by atoms with Crippen LogP contribution in [0.15, 0.2) is 0 Å². The number of piperidine rings is 2. The minimum Gasteiger partial charge on any atom is -1.00 e. The van der Waals surface area contributed by atoms with E-state index in [-0.39, 0.29) is 29.8 Å². The maximum Gasteiger partial charge on any atom is 0.136 e. The summed E-state index contributed by atoms with van der Waals surface area (Å²) in [7, 11) is 0. The molecule has 0 spiro atoms. The van der Waals surface area contributed by atoms with E-state index in [9.17, 15) is 15.0 Å². The van der Waals surface area contributed by atoms with E-state index in [4.69, 9.17) is 0 Å². The van der Waals surface area contributed by atoms with Crippen molar-refractivity contribution in [3.63, 3.8) is 0 Å². The van der Waals surface area contributed by atoms with Crippen molar-refractivity contribution in [2.75, 3.05) is 13.1 Å². The SMILES string of the molecule is C[C@H]1CC[C@@H]2N(C1)C[C@H]1[C@@H]3C[C@H]4[C@@H](CC(=O)[C@H]5C[C@@H](O)CC[C@@]54C)[C@@H]3CC[C@H]1[C@]2(C)O.[Cl-]. The van der Waals surface area contributed by atoms with Crippen LogP contribution in [0.4, 0.5) is 0 Å². The van der Waals surface area contributed by atoms with E-state index in [1.807, 2.05) is 0 Å². The molecule has 6 fully saturated rings. The third-order valence-electron chi connectivity index (χ3n) is 11.8. The number of halogens is 1. The van der Waals surface area contributed by atoms with Gasteiger partial charge in [0.15, 0.2) is 0 Å². The molecular weight excluding hydrogens is 422 g/mol. The van der Waals surface area contributed by atoms with Crippen molar-refractivity contribution >= 4 is 5.78 Å². The Balaban J connectivity index is 0.00000216. The number of hydrogen-bond donors (Lipinski definition) is 2. The quantitative estimate of drug-likeness (QED) is 0.559. The van der Waals surface area contributed by atoms with Gasteiger partial charge in [-0.05, 0) is 105 Å². The first-order chi connectivity index (χ1) is 14.7. The number of nitrogens with zero attached hydrogens (tertiary/aromatic N) is 1.